The van der Waals surface area contributed by atoms with Crippen molar-refractivity contribution in [2.45, 2.75) is 39.1 Å². The summed E-state index contributed by atoms with van der Waals surface area (Å²) in [5.74, 6) is -5.63. The molecule has 2 atom stereocenters. The zero-order valence-corrected chi connectivity index (χ0v) is 22.9. The Bertz CT molecular complexity index is 1640. The van der Waals surface area contributed by atoms with Crippen LogP contribution in [0.5, 0.6) is 5.75 Å². The number of nitrogens with one attached hydrogen (secondary N) is 1. The van der Waals surface area contributed by atoms with Gasteiger partial charge in [-0.1, -0.05) is 30.3 Å². The minimum Gasteiger partial charge on any atom is -0.507 e. The maximum absolute atomic E-state index is 14.2. The van der Waals surface area contributed by atoms with Gasteiger partial charge in [0.2, 0.25) is 5.43 Å². The third-order valence-corrected chi connectivity index (χ3v) is 7.35. The average molecular weight is 585 g/mol. The number of hydrogen-bond acceptors (Lipinski definition) is 7. The lowest BCUT2D eigenvalue weighted by molar-refractivity contribution is 0.0611. The first-order chi connectivity index (χ1) is 20.0. The summed E-state index contributed by atoms with van der Waals surface area (Å²) in [7, 11) is 1.37. The molecule has 0 saturated heterocycles. The van der Waals surface area contributed by atoms with Crippen LogP contribution >= 0.6 is 0 Å². The molecular weight excluding hydrogens is 557 g/mol. The molecule has 1 aromatic heterocycles. The van der Waals surface area contributed by atoms with Gasteiger partial charge in [-0.2, -0.15) is 0 Å². The molecule has 0 saturated carbocycles. The van der Waals surface area contributed by atoms with Gasteiger partial charge in [0.1, 0.15) is 42.3 Å². The molecule has 2 bridgehead atoms. The summed E-state index contributed by atoms with van der Waals surface area (Å²) in [5, 5.41) is 14.8. The van der Waals surface area contributed by atoms with Crippen LogP contribution in [0.3, 0.4) is 0 Å². The minimum absolute atomic E-state index is 0.0425. The molecule has 220 valence electrons. The highest BCUT2D eigenvalue weighted by atomic mass is 19.1. The number of fused-ring (bicyclic) bond motifs is 4. The first-order valence-corrected chi connectivity index (χ1v) is 13.0. The van der Waals surface area contributed by atoms with Gasteiger partial charge in [-0.3, -0.25) is 24.1 Å². The number of aliphatic hydroxyl groups is 1. The number of aliphatic hydroxyl groups excluding tert-OH is 1. The Kier molecular flexibility index (Phi) is 7.59. The predicted octanol–water partition coefficient (Wildman–Crippen LogP) is 3.33. The Hall–Kier alpha value is -4.94. The second-order valence-corrected chi connectivity index (χ2v) is 9.86. The standard InChI is InChI=1S/C29H27F3N4O6/c1-15-24(37)26(41-3)16(2)36-14-34(15)29(40)23-27(42-13-17-7-5-4-6-8-17)25(38)20(12-35(23)36)28(39)33-11-19-21(31)9-18(30)10-22(19)32/h4-10,12,15-16,37H,11,13-14H2,1-3H3,(H,33,39)/t15-,16+/m0/s1. The second-order valence-electron chi connectivity index (χ2n) is 9.86. The number of carbonyl (C=O) groups is 2. The zero-order valence-electron chi connectivity index (χ0n) is 22.9. The molecule has 0 unspecified atom stereocenters. The maximum Gasteiger partial charge on any atom is 0.278 e. The SMILES string of the molecule is COC1=C(O)[C@H](C)N2CN([C@@H]1C)n1cc(C(=O)NCc3c(F)cc(F)cc3F)c(=O)c(OCc3ccccc3)c1C2=O. The lowest BCUT2D eigenvalue weighted by Gasteiger charge is -2.42. The highest BCUT2D eigenvalue weighted by molar-refractivity contribution is 5.99. The van der Waals surface area contributed by atoms with Gasteiger partial charge in [-0.15, -0.1) is 0 Å². The van der Waals surface area contributed by atoms with Gasteiger partial charge in [0, 0.05) is 30.4 Å². The number of nitrogens with zero attached hydrogens (tertiary/aromatic N) is 3. The topological polar surface area (TPSA) is 113 Å². The summed E-state index contributed by atoms with van der Waals surface area (Å²) in [4.78, 5) is 42.1. The Balaban J connectivity index is 1.61. The van der Waals surface area contributed by atoms with E-state index in [0.717, 1.165) is 6.20 Å². The predicted molar refractivity (Wildman–Crippen MR) is 144 cm³/mol. The van der Waals surface area contributed by atoms with Crippen molar-refractivity contribution in [1.29, 1.82) is 0 Å². The van der Waals surface area contributed by atoms with E-state index in [9.17, 15) is 32.7 Å². The number of benzene rings is 2. The number of ether oxygens (including phenoxy) is 2. The zero-order chi connectivity index (χ0) is 30.3. The van der Waals surface area contributed by atoms with E-state index in [0.29, 0.717) is 17.7 Å². The third kappa shape index (κ3) is 4.91. The second kappa shape index (κ2) is 11.1. The van der Waals surface area contributed by atoms with Crippen molar-refractivity contribution in [2.75, 3.05) is 18.8 Å². The molecule has 42 heavy (non-hydrogen) atoms. The van der Waals surface area contributed by atoms with Crippen LogP contribution in [0.1, 0.15) is 45.8 Å². The van der Waals surface area contributed by atoms with Gasteiger partial charge in [-0.25, -0.2) is 13.2 Å². The first kappa shape index (κ1) is 28.6. The van der Waals surface area contributed by atoms with E-state index in [1.54, 1.807) is 49.2 Å². The molecule has 0 spiro atoms. The van der Waals surface area contributed by atoms with Crippen LogP contribution in [0, 0.1) is 17.5 Å². The summed E-state index contributed by atoms with van der Waals surface area (Å²) in [5.41, 5.74) is -1.53. The molecule has 2 amide bonds. The molecule has 2 aliphatic heterocycles. The van der Waals surface area contributed by atoms with E-state index in [-0.39, 0.29) is 30.5 Å². The van der Waals surface area contributed by atoms with Gasteiger partial charge in [0.15, 0.2) is 23.0 Å². The van der Waals surface area contributed by atoms with Gasteiger partial charge in [-0.05, 0) is 19.4 Å². The number of rotatable bonds is 7. The fourth-order valence-electron chi connectivity index (χ4n) is 5.02. The number of aromatic nitrogens is 1. The molecule has 0 fully saturated rings. The minimum atomic E-state index is -1.21. The molecule has 13 heteroatoms. The molecule has 2 N–H and O–H groups in total. The first-order valence-electron chi connectivity index (χ1n) is 13.0. The van der Waals surface area contributed by atoms with Crippen LogP contribution in [0.25, 0.3) is 0 Å². The molecule has 5 rings (SSSR count). The van der Waals surface area contributed by atoms with Crippen molar-refractivity contribution < 1.29 is 37.3 Å². The van der Waals surface area contributed by atoms with Crippen molar-refractivity contribution in [3.8, 4) is 5.75 Å². The molecule has 10 nitrogen and oxygen atoms in total. The summed E-state index contributed by atoms with van der Waals surface area (Å²) >= 11 is 0. The number of amides is 2. The van der Waals surface area contributed by atoms with Crippen LogP contribution in [-0.4, -0.2) is 52.4 Å². The van der Waals surface area contributed by atoms with Crippen molar-refractivity contribution in [2.24, 2.45) is 0 Å². The van der Waals surface area contributed by atoms with E-state index in [2.05, 4.69) is 5.32 Å². The molecule has 0 aliphatic carbocycles. The number of methoxy groups -OCH3 is 1. The van der Waals surface area contributed by atoms with E-state index < -0.39 is 70.2 Å². The molecule has 2 aromatic carbocycles. The van der Waals surface area contributed by atoms with Crippen molar-refractivity contribution in [3.63, 3.8) is 0 Å². The fourth-order valence-corrected chi connectivity index (χ4v) is 5.02. The maximum atomic E-state index is 14.2. The van der Waals surface area contributed by atoms with Gasteiger partial charge in [0.05, 0.1) is 13.2 Å². The third-order valence-electron chi connectivity index (χ3n) is 7.35. The van der Waals surface area contributed by atoms with Gasteiger partial charge < -0.3 is 24.8 Å². The summed E-state index contributed by atoms with van der Waals surface area (Å²) in [6, 6.07) is 8.29. The monoisotopic (exact) mass is 584 g/mol. The number of halogens is 3. The Morgan fingerprint density at radius 3 is 2.38 bits per heavy atom. The molecule has 2 aliphatic rings. The fraction of sp³-hybridized carbons (Fsp3) is 0.276. The number of hydrogen-bond donors (Lipinski definition) is 2. The van der Waals surface area contributed by atoms with E-state index in [1.165, 1.54) is 16.7 Å². The van der Waals surface area contributed by atoms with Crippen molar-refractivity contribution in [3.05, 3.63) is 110 Å². The molecule has 0 radical (unpaired) electrons. The normalized spacial score (nSPS) is 18.0. The van der Waals surface area contributed by atoms with Crippen LogP contribution < -0.4 is 20.5 Å². The summed E-state index contributed by atoms with van der Waals surface area (Å²) in [6.07, 6.45) is 1.13. The van der Waals surface area contributed by atoms with Crippen molar-refractivity contribution >= 4 is 11.8 Å². The quantitative estimate of drug-likeness (QED) is 0.438. The van der Waals surface area contributed by atoms with E-state index in [1.807, 2.05) is 0 Å². The summed E-state index contributed by atoms with van der Waals surface area (Å²) in [6.45, 7) is 2.46. The Morgan fingerprint density at radius 1 is 1.07 bits per heavy atom. The van der Waals surface area contributed by atoms with Crippen LogP contribution in [0.2, 0.25) is 0 Å². The van der Waals surface area contributed by atoms with E-state index in [4.69, 9.17) is 9.47 Å². The van der Waals surface area contributed by atoms with Crippen LogP contribution in [0.15, 0.2) is 65.0 Å². The van der Waals surface area contributed by atoms with Gasteiger partial charge >= 0.3 is 0 Å². The number of carbonyl (C=O) groups excluding carboxylic acids is 2. The lowest BCUT2D eigenvalue weighted by atomic mass is 10.1. The Morgan fingerprint density at radius 2 is 1.74 bits per heavy atom. The molecule has 3 heterocycles. The van der Waals surface area contributed by atoms with Crippen LogP contribution in [-0.2, 0) is 17.9 Å². The highest BCUT2D eigenvalue weighted by Gasteiger charge is 2.44. The highest BCUT2D eigenvalue weighted by Crippen LogP contribution is 2.32. The molecular formula is C29H27F3N4O6. The molecule has 3 aromatic rings. The van der Waals surface area contributed by atoms with Crippen molar-refractivity contribution in [1.82, 2.24) is 14.9 Å². The lowest BCUT2D eigenvalue weighted by Crippen LogP contribution is -2.58. The largest absolute Gasteiger partial charge is 0.507 e. The van der Waals surface area contributed by atoms with Gasteiger partial charge in [0.25, 0.3) is 11.8 Å². The number of pyridine rings is 1. The smallest absolute Gasteiger partial charge is 0.278 e. The van der Waals surface area contributed by atoms with E-state index >= 15 is 0 Å². The Labute approximate surface area is 238 Å². The van der Waals surface area contributed by atoms with Crippen LogP contribution in [0.4, 0.5) is 13.2 Å². The average Bonchev–Trinajstić information content (AvgIpc) is 3.03. The summed E-state index contributed by atoms with van der Waals surface area (Å²) < 4.78 is 54.4.